The van der Waals surface area contributed by atoms with Gasteiger partial charge in [-0.05, 0) is 99.5 Å². The molecule has 0 fully saturated rings. The fourth-order valence-corrected chi connectivity index (χ4v) is 5.05. The maximum atomic E-state index is 12.7. The van der Waals surface area contributed by atoms with Crippen molar-refractivity contribution in [1.29, 1.82) is 0 Å². The molecule has 3 aromatic carbocycles. The van der Waals surface area contributed by atoms with Gasteiger partial charge in [-0.25, -0.2) is 19.2 Å². The van der Waals surface area contributed by atoms with Crippen LogP contribution in [0, 0.1) is 0 Å². The van der Waals surface area contributed by atoms with E-state index < -0.39 is 36.1 Å². The number of benzene rings is 3. The molecule has 53 heavy (non-hydrogen) atoms. The van der Waals surface area contributed by atoms with Gasteiger partial charge in [0.25, 0.3) is 0 Å². The highest BCUT2D eigenvalue weighted by atomic mass is 16.6. The van der Waals surface area contributed by atoms with E-state index in [1.54, 1.807) is 24.3 Å². The van der Waals surface area contributed by atoms with Crippen molar-refractivity contribution in [2.24, 2.45) is 10.2 Å². The molecule has 3 aromatic rings. The fourth-order valence-electron chi connectivity index (χ4n) is 5.05. The monoisotopic (exact) mass is 730 g/mol. The Morgan fingerprint density at radius 3 is 1.57 bits per heavy atom. The topological polar surface area (TPSA) is 139 Å². The Morgan fingerprint density at radius 1 is 0.509 bits per heavy atom. The van der Waals surface area contributed by atoms with Crippen LogP contribution < -0.4 is 9.47 Å². The van der Waals surface area contributed by atoms with Gasteiger partial charge in [0, 0.05) is 0 Å². The maximum absolute atomic E-state index is 12.7. The molecule has 11 heteroatoms. The first-order valence-corrected chi connectivity index (χ1v) is 18.8. The van der Waals surface area contributed by atoms with E-state index in [0.717, 1.165) is 37.9 Å². The van der Waals surface area contributed by atoms with Crippen LogP contribution >= 0.6 is 0 Å². The molecule has 0 N–H and O–H groups in total. The van der Waals surface area contributed by atoms with Crippen molar-refractivity contribution in [3.8, 4) is 11.5 Å². The van der Waals surface area contributed by atoms with Gasteiger partial charge < -0.3 is 23.7 Å². The Bertz CT molecular complexity index is 1570. The third-order valence-corrected chi connectivity index (χ3v) is 8.27. The molecule has 0 saturated heterocycles. The molecule has 0 radical (unpaired) electrons. The van der Waals surface area contributed by atoms with Crippen molar-refractivity contribution in [3.63, 3.8) is 0 Å². The summed E-state index contributed by atoms with van der Waals surface area (Å²) >= 11 is 0. The van der Waals surface area contributed by atoms with Gasteiger partial charge in [-0.15, -0.1) is 0 Å². The number of unbranched alkanes of at least 4 members (excludes halogenated alkanes) is 10. The second-order valence-electron chi connectivity index (χ2n) is 12.8. The van der Waals surface area contributed by atoms with Crippen LogP contribution in [-0.4, -0.2) is 49.3 Å². The Hall–Kier alpha value is -5.06. The van der Waals surface area contributed by atoms with Crippen LogP contribution in [0.1, 0.15) is 125 Å². The number of hydrogen-bond acceptors (Lipinski definition) is 11. The highest BCUT2D eigenvalue weighted by molar-refractivity contribution is 5.93. The molecule has 0 aliphatic carbocycles. The molecule has 0 unspecified atom stereocenters. The first-order valence-electron chi connectivity index (χ1n) is 18.8. The van der Waals surface area contributed by atoms with Gasteiger partial charge in [0.1, 0.15) is 11.5 Å². The lowest BCUT2D eigenvalue weighted by Gasteiger charge is -2.16. The van der Waals surface area contributed by atoms with Crippen LogP contribution in [0.3, 0.4) is 0 Å². The minimum atomic E-state index is -1.27. The lowest BCUT2D eigenvalue weighted by molar-refractivity contribution is -0.171. The summed E-state index contributed by atoms with van der Waals surface area (Å²) in [4.78, 5) is 49.8. The molecule has 0 bridgehead atoms. The van der Waals surface area contributed by atoms with E-state index in [2.05, 4.69) is 24.1 Å². The molecule has 11 nitrogen and oxygen atoms in total. The van der Waals surface area contributed by atoms with Crippen molar-refractivity contribution in [1.82, 2.24) is 0 Å². The number of ether oxygens (including phenoxy) is 5. The third-order valence-electron chi connectivity index (χ3n) is 8.27. The van der Waals surface area contributed by atoms with E-state index in [4.69, 9.17) is 23.7 Å². The average Bonchev–Trinajstić information content (AvgIpc) is 3.17. The summed E-state index contributed by atoms with van der Waals surface area (Å²) in [7, 11) is 0. The summed E-state index contributed by atoms with van der Waals surface area (Å²) in [5, 5.41) is 8.52. The molecule has 0 heterocycles. The first kappa shape index (κ1) is 42.4. The zero-order chi connectivity index (χ0) is 38.3. The number of azo groups is 1. The van der Waals surface area contributed by atoms with E-state index in [1.807, 2.05) is 24.3 Å². The predicted octanol–water partition coefficient (Wildman–Crippen LogP) is 10.4. The van der Waals surface area contributed by atoms with Gasteiger partial charge in [-0.2, -0.15) is 10.2 Å². The number of esters is 4. The molecule has 0 aliphatic heterocycles. The lowest BCUT2D eigenvalue weighted by Crippen LogP contribution is -2.33. The summed E-state index contributed by atoms with van der Waals surface area (Å²) in [5.41, 5.74) is 1.66. The largest absolute Gasteiger partial charge is 0.494 e. The predicted molar refractivity (Wildman–Crippen MR) is 202 cm³/mol. The molecule has 286 valence electrons. The average molecular weight is 731 g/mol. The molecule has 3 rings (SSSR count). The third kappa shape index (κ3) is 16.4. The number of carbonyl (C=O) groups excluding carboxylic acids is 4. The van der Waals surface area contributed by atoms with Crippen molar-refractivity contribution < 1.29 is 42.9 Å². The highest BCUT2D eigenvalue weighted by Gasteiger charge is 2.26. The summed E-state index contributed by atoms with van der Waals surface area (Å²) in [5.74, 6) is -1.92. The molecule has 2 atom stereocenters. The van der Waals surface area contributed by atoms with Crippen LogP contribution in [0.2, 0.25) is 0 Å². The number of rotatable bonds is 24. The van der Waals surface area contributed by atoms with Crippen LogP contribution in [0.4, 0.5) is 11.4 Å². The Balaban J connectivity index is 1.38. The highest BCUT2D eigenvalue weighted by Crippen LogP contribution is 2.23. The Morgan fingerprint density at radius 2 is 0.962 bits per heavy atom. The van der Waals surface area contributed by atoms with E-state index in [0.29, 0.717) is 23.5 Å². The van der Waals surface area contributed by atoms with Gasteiger partial charge in [0.05, 0.1) is 35.7 Å². The molecular weight excluding hydrogens is 676 g/mol. The summed E-state index contributed by atoms with van der Waals surface area (Å²) < 4.78 is 26.7. The smallest absolute Gasteiger partial charge is 0.348 e. The molecule has 0 aliphatic rings. The van der Waals surface area contributed by atoms with Crippen molar-refractivity contribution in [2.75, 3.05) is 13.2 Å². The van der Waals surface area contributed by atoms with Gasteiger partial charge >= 0.3 is 23.9 Å². The second-order valence-corrected chi connectivity index (χ2v) is 12.8. The minimum Gasteiger partial charge on any atom is -0.494 e. The second kappa shape index (κ2) is 24.2. The van der Waals surface area contributed by atoms with Gasteiger partial charge in [-0.3, -0.25) is 0 Å². The van der Waals surface area contributed by atoms with Crippen LogP contribution in [-0.2, 0) is 23.8 Å². The SMILES string of the molecule is CCCCCCCCCCOc1ccc(N=Nc2ccc(C(=O)Oc3ccc(C(=O)O[C@@H](C)C(=O)O[C@@H](C)C(=O)OCCCCCC)cc3)cc2)cc1. The van der Waals surface area contributed by atoms with E-state index in [1.165, 1.54) is 83.1 Å². The van der Waals surface area contributed by atoms with Crippen molar-refractivity contribution in [2.45, 2.75) is 117 Å². The van der Waals surface area contributed by atoms with Crippen LogP contribution in [0.25, 0.3) is 0 Å². The zero-order valence-corrected chi connectivity index (χ0v) is 31.6. The number of hydrogen-bond donors (Lipinski definition) is 0. The molecule has 0 spiro atoms. The van der Waals surface area contributed by atoms with Crippen molar-refractivity contribution >= 4 is 35.3 Å². The van der Waals surface area contributed by atoms with Gasteiger partial charge in [0.15, 0.2) is 12.2 Å². The normalized spacial score (nSPS) is 12.2. The first-order chi connectivity index (χ1) is 25.7. The Labute approximate surface area is 313 Å². The van der Waals surface area contributed by atoms with Crippen LogP contribution in [0.5, 0.6) is 11.5 Å². The van der Waals surface area contributed by atoms with E-state index in [-0.39, 0.29) is 17.9 Å². The molecule has 0 aromatic heterocycles. The summed E-state index contributed by atoms with van der Waals surface area (Å²) in [6.45, 7) is 8.01. The molecule has 0 saturated carbocycles. The maximum Gasteiger partial charge on any atom is 0.348 e. The minimum absolute atomic E-state index is 0.125. The molecule has 0 amide bonds. The molecular formula is C42H54N2O9. The number of carbonyl (C=O) groups is 4. The quantitative estimate of drug-likeness (QED) is 0.0289. The summed E-state index contributed by atoms with van der Waals surface area (Å²) in [6, 6.07) is 19.6. The van der Waals surface area contributed by atoms with E-state index in [9.17, 15) is 19.2 Å². The van der Waals surface area contributed by atoms with Crippen LogP contribution in [0.15, 0.2) is 83.0 Å². The Kier molecular flexibility index (Phi) is 19.4. The van der Waals surface area contributed by atoms with Crippen molar-refractivity contribution in [3.05, 3.63) is 83.9 Å². The fraction of sp³-hybridized carbons (Fsp3) is 0.476. The van der Waals surface area contributed by atoms with E-state index >= 15 is 0 Å². The summed E-state index contributed by atoms with van der Waals surface area (Å²) in [6.07, 6.45) is 11.5. The zero-order valence-electron chi connectivity index (χ0n) is 31.6. The van der Waals surface area contributed by atoms with Gasteiger partial charge in [-0.1, -0.05) is 78.1 Å². The number of nitrogens with zero attached hydrogens (tertiary/aromatic N) is 2. The van der Waals surface area contributed by atoms with Gasteiger partial charge in [0.2, 0.25) is 0 Å². The standard InChI is InChI=1S/C42H54N2O9/c1-5-7-9-11-12-13-14-16-29-49-37-27-23-36(24-28-37)44-43-35-21-17-33(18-22-35)42(48)53-38-25-19-34(20-26-38)41(47)52-32(4)40(46)51-31(3)39(45)50-30-15-10-8-6-2/h17-28,31-32H,5-16,29-30H2,1-4H3/t31-,32-/m0/s1. The lowest BCUT2D eigenvalue weighted by atomic mass is 10.1.